The maximum atomic E-state index is 13.6. The maximum Gasteiger partial charge on any atom is 0.247 e. The minimum absolute atomic E-state index is 0.0225. The lowest BCUT2D eigenvalue weighted by molar-refractivity contribution is -0.141. The fourth-order valence-corrected chi connectivity index (χ4v) is 5.65. The van der Waals surface area contributed by atoms with Crippen molar-refractivity contribution < 1.29 is 9.59 Å². The number of rotatable bonds is 8. The number of amides is 2. The second kappa shape index (κ2) is 10.2. The van der Waals surface area contributed by atoms with Gasteiger partial charge in [0.15, 0.2) is 0 Å². The quantitative estimate of drug-likeness (QED) is 0.491. The Hall–Kier alpha value is -2.44. The van der Waals surface area contributed by atoms with Gasteiger partial charge in [-0.05, 0) is 53.8 Å². The Morgan fingerprint density at radius 1 is 1.00 bits per heavy atom. The molecule has 1 aliphatic carbocycles. The number of benzene rings is 1. The highest BCUT2D eigenvalue weighted by atomic mass is 32.1. The van der Waals surface area contributed by atoms with E-state index in [2.05, 4.69) is 5.32 Å². The normalized spacial score (nSPS) is 15.0. The average molecular weight is 453 g/mol. The van der Waals surface area contributed by atoms with Crippen molar-refractivity contribution in [3.05, 3.63) is 80.2 Å². The van der Waals surface area contributed by atoms with Gasteiger partial charge in [0.1, 0.15) is 6.04 Å². The molecule has 2 aromatic heterocycles. The first-order valence-electron chi connectivity index (χ1n) is 10.8. The Labute approximate surface area is 191 Å². The molecular weight excluding hydrogens is 424 g/mol. The molecule has 0 radical (unpaired) electrons. The van der Waals surface area contributed by atoms with Crippen LogP contribution in [0.15, 0.2) is 59.3 Å². The third-order valence-corrected chi connectivity index (χ3v) is 7.61. The van der Waals surface area contributed by atoms with Gasteiger partial charge in [0.2, 0.25) is 11.8 Å². The van der Waals surface area contributed by atoms with Crippen LogP contribution >= 0.6 is 22.7 Å². The van der Waals surface area contributed by atoms with Crippen molar-refractivity contribution >= 4 is 34.5 Å². The van der Waals surface area contributed by atoms with E-state index in [1.807, 2.05) is 66.2 Å². The zero-order valence-electron chi connectivity index (χ0n) is 17.8. The van der Waals surface area contributed by atoms with E-state index in [0.717, 1.165) is 46.6 Å². The van der Waals surface area contributed by atoms with Gasteiger partial charge in [0.05, 0.1) is 13.0 Å². The Morgan fingerprint density at radius 2 is 1.68 bits per heavy atom. The van der Waals surface area contributed by atoms with E-state index in [4.69, 9.17) is 0 Å². The molecule has 31 heavy (non-hydrogen) atoms. The summed E-state index contributed by atoms with van der Waals surface area (Å²) in [5, 5.41) is 7.25. The van der Waals surface area contributed by atoms with Gasteiger partial charge in [-0.1, -0.05) is 49.2 Å². The van der Waals surface area contributed by atoms with Crippen LogP contribution in [-0.4, -0.2) is 22.8 Å². The molecule has 0 bridgehead atoms. The van der Waals surface area contributed by atoms with Gasteiger partial charge in [0, 0.05) is 15.8 Å². The molecule has 1 fully saturated rings. The Kier molecular flexibility index (Phi) is 7.20. The summed E-state index contributed by atoms with van der Waals surface area (Å²) in [6.07, 6.45) is 4.63. The van der Waals surface area contributed by atoms with E-state index in [1.165, 1.54) is 0 Å². The fourth-order valence-electron chi connectivity index (χ4n) is 4.25. The van der Waals surface area contributed by atoms with Crippen molar-refractivity contribution in [2.24, 2.45) is 0 Å². The summed E-state index contributed by atoms with van der Waals surface area (Å²) in [6, 6.07) is 15.4. The fraction of sp³-hybridized carbons (Fsp3) is 0.360. The number of nitrogens with one attached hydrogen (secondary N) is 1. The predicted octanol–water partition coefficient (Wildman–Crippen LogP) is 5.49. The van der Waals surface area contributed by atoms with Crippen molar-refractivity contribution in [2.45, 2.75) is 57.7 Å². The molecule has 4 nitrogen and oxygen atoms in total. The largest absolute Gasteiger partial charge is 0.351 e. The second-order valence-corrected chi connectivity index (χ2v) is 10.2. The Morgan fingerprint density at radius 3 is 2.32 bits per heavy atom. The Bertz CT molecular complexity index is 992. The summed E-state index contributed by atoms with van der Waals surface area (Å²) >= 11 is 3.19. The summed E-state index contributed by atoms with van der Waals surface area (Å²) in [6.45, 7) is 2.44. The second-order valence-electron chi connectivity index (χ2n) is 8.11. The standard InChI is InChI=1S/C25H28N2O2S2/c1-18-8-2-5-13-22(18)24(25(29)26-19-9-3-4-10-19)27(17-21-12-7-15-31-21)23(28)16-20-11-6-14-30-20/h2,5-8,11-15,19,24H,3-4,9-10,16-17H2,1H3,(H,26,29). The van der Waals surface area contributed by atoms with E-state index in [9.17, 15) is 9.59 Å². The van der Waals surface area contributed by atoms with Crippen LogP contribution in [0.3, 0.4) is 0 Å². The molecule has 1 aliphatic rings. The van der Waals surface area contributed by atoms with Crippen molar-refractivity contribution in [2.75, 3.05) is 0 Å². The Balaban J connectivity index is 1.69. The highest BCUT2D eigenvalue weighted by Gasteiger charge is 2.34. The highest BCUT2D eigenvalue weighted by molar-refractivity contribution is 7.10. The molecule has 162 valence electrons. The molecule has 4 rings (SSSR count). The molecule has 3 aromatic rings. The number of thiophene rings is 2. The van der Waals surface area contributed by atoms with Crippen LogP contribution in [0, 0.1) is 6.92 Å². The van der Waals surface area contributed by atoms with E-state index < -0.39 is 6.04 Å². The third-order valence-electron chi connectivity index (χ3n) is 5.88. The van der Waals surface area contributed by atoms with Crippen molar-refractivity contribution in [3.8, 4) is 0 Å². The van der Waals surface area contributed by atoms with Crippen LogP contribution in [0.5, 0.6) is 0 Å². The van der Waals surface area contributed by atoms with Crippen LogP contribution in [0.4, 0.5) is 0 Å². The van der Waals surface area contributed by atoms with Gasteiger partial charge in [0.25, 0.3) is 0 Å². The average Bonchev–Trinajstić information content (AvgIpc) is 3.53. The lowest BCUT2D eigenvalue weighted by Gasteiger charge is -2.33. The molecule has 1 unspecified atom stereocenters. The van der Waals surface area contributed by atoms with E-state index in [1.54, 1.807) is 27.6 Å². The monoisotopic (exact) mass is 452 g/mol. The molecule has 2 heterocycles. The minimum Gasteiger partial charge on any atom is -0.351 e. The molecule has 0 saturated heterocycles. The number of hydrogen-bond acceptors (Lipinski definition) is 4. The summed E-state index contributed by atoms with van der Waals surface area (Å²) in [7, 11) is 0. The zero-order chi connectivity index (χ0) is 21.6. The van der Waals surface area contributed by atoms with Crippen LogP contribution < -0.4 is 5.32 Å². The number of nitrogens with zero attached hydrogens (tertiary/aromatic N) is 1. The van der Waals surface area contributed by atoms with Gasteiger partial charge in [-0.25, -0.2) is 0 Å². The molecular formula is C25H28N2O2S2. The molecule has 0 spiro atoms. The molecule has 1 N–H and O–H groups in total. The van der Waals surface area contributed by atoms with Crippen molar-refractivity contribution in [1.29, 1.82) is 0 Å². The molecule has 1 saturated carbocycles. The lowest BCUT2D eigenvalue weighted by atomic mass is 9.98. The van der Waals surface area contributed by atoms with E-state index >= 15 is 0 Å². The van der Waals surface area contributed by atoms with Gasteiger partial charge in [-0.3, -0.25) is 9.59 Å². The SMILES string of the molecule is Cc1ccccc1C(C(=O)NC1CCCC1)N(Cc1cccs1)C(=O)Cc1cccs1. The lowest BCUT2D eigenvalue weighted by Crippen LogP contribution is -2.46. The number of carbonyl (C=O) groups is 2. The van der Waals surface area contributed by atoms with Crippen LogP contribution in [0.2, 0.25) is 0 Å². The topological polar surface area (TPSA) is 49.4 Å². The first-order valence-corrected chi connectivity index (χ1v) is 12.6. The number of hydrogen-bond donors (Lipinski definition) is 1. The van der Waals surface area contributed by atoms with E-state index in [0.29, 0.717) is 13.0 Å². The summed E-state index contributed by atoms with van der Waals surface area (Å²) in [5.74, 6) is -0.0945. The third kappa shape index (κ3) is 5.43. The van der Waals surface area contributed by atoms with E-state index in [-0.39, 0.29) is 17.9 Å². The number of carbonyl (C=O) groups excluding carboxylic acids is 2. The molecule has 0 aliphatic heterocycles. The van der Waals surface area contributed by atoms with Gasteiger partial charge >= 0.3 is 0 Å². The summed E-state index contributed by atoms with van der Waals surface area (Å²) < 4.78 is 0. The van der Waals surface area contributed by atoms with Crippen LogP contribution in [-0.2, 0) is 22.6 Å². The zero-order valence-corrected chi connectivity index (χ0v) is 19.4. The summed E-state index contributed by atoms with van der Waals surface area (Å²) in [4.78, 5) is 31.1. The first kappa shape index (κ1) is 21.8. The summed E-state index contributed by atoms with van der Waals surface area (Å²) in [5.41, 5.74) is 1.92. The molecule has 1 atom stereocenters. The maximum absolute atomic E-state index is 13.6. The highest BCUT2D eigenvalue weighted by Crippen LogP contribution is 2.29. The predicted molar refractivity (Wildman–Crippen MR) is 127 cm³/mol. The van der Waals surface area contributed by atoms with Crippen molar-refractivity contribution in [1.82, 2.24) is 10.2 Å². The molecule has 2 amide bonds. The van der Waals surface area contributed by atoms with Crippen LogP contribution in [0.25, 0.3) is 0 Å². The van der Waals surface area contributed by atoms with Gasteiger partial charge in [-0.2, -0.15) is 0 Å². The molecule has 1 aromatic carbocycles. The van der Waals surface area contributed by atoms with Crippen LogP contribution in [0.1, 0.15) is 52.6 Å². The van der Waals surface area contributed by atoms with Gasteiger partial charge in [-0.15, -0.1) is 22.7 Å². The first-order chi connectivity index (χ1) is 15.1. The smallest absolute Gasteiger partial charge is 0.247 e. The minimum atomic E-state index is -0.642. The number of aryl methyl sites for hydroxylation is 1. The van der Waals surface area contributed by atoms with Gasteiger partial charge < -0.3 is 10.2 Å². The molecule has 6 heteroatoms. The van der Waals surface area contributed by atoms with Crippen molar-refractivity contribution in [3.63, 3.8) is 0 Å².